The summed E-state index contributed by atoms with van der Waals surface area (Å²) in [6, 6.07) is 15.1. The molecule has 3 rings (SSSR count). The van der Waals surface area contributed by atoms with E-state index in [1.54, 1.807) is 12.1 Å². The van der Waals surface area contributed by atoms with Crippen molar-refractivity contribution in [3.8, 4) is 0 Å². The lowest BCUT2D eigenvalue weighted by molar-refractivity contribution is -0.383. The maximum atomic E-state index is 11.0. The number of halogens is 1. The summed E-state index contributed by atoms with van der Waals surface area (Å²) in [7, 11) is 0. The number of benzene rings is 2. The Morgan fingerprint density at radius 2 is 1.95 bits per heavy atom. The van der Waals surface area contributed by atoms with Gasteiger partial charge >= 0.3 is 0 Å². The number of nitro groups is 1. The Hall–Kier alpha value is -2.07. The number of hydrogen-bond acceptors (Lipinski definition) is 3. The highest BCUT2D eigenvalue weighted by Gasteiger charge is 2.39. The summed E-state index contributed by atoms with van der Waals surface area (Å²) in [6.45, 7) is 0. The highest BCUT2D eigenvalue weighted by Crippen LogP contribution is 2.44. The Labute approximate surface area is 121 Å². The molecule has 1 fully saturated rings. The fraction of sp³-hybridized carbons (Fsp3) is 0.200. The van der Waals surface area contributed by atoms with Crippen LogP contribution in [0.2, 0.25) is 5.02 Å². The molecule has 1 saturated carbocycles. The summed E-state index contributed by atoms with van der Waals surface area (Å²) in [4.78, 5) is 10.6. The summed E-state index contributed by atoms with van der Waals surface area (Å²) in [5, 5.41) is 14.6. The van der Waals surface area contributed by atoms with E-state index in [-0.39, 0.29) is 11.7 Å². The molecule has 0 bridgehead atoms. The molecule has 2 unspecified atom stereocenters. The minimum atomic E-state index is -0.409. The molecule has 0 heterocycles. The Bertz CT molecular complexity index is 646. The molecular formula is C15H13ClN2O2. The molecule has 102 valence electrons. The molecule has 0 radical (unpaired) electrons. The smallest absolute Gasteiger partial charge is 0.293 e. The zero-order valence-corrected chi connectivity index (χ0v) is 11.4. The van der Waals surface area contributed by atoms with Gasteiger partial charge in [0.05, 0.1) is 4.92 Å². The van der Waals surface area contributed by atoms with Crippen molar-refractivity contribution in [2.45, 2.75) is 18.4 Å². The third-order valence-electron chi connectivity index (χ3n) is 3.52. The highest BCUT2D eigenvalue weighted by molar-refractivity contribution is 6.30. The van der Waals surface area contributed by atoms with Crippen LogP contribution in [-0.4, -0.2) is 11.0 Å². The number of rotatable bonds is 4. The number of nitrogens with zero attached hydrogens (tertiary/aromatic N) is 1. The first-order valence-electron chi connectivity index (χ1n) is 6.40. The van der Waals surface area contributed by atoms with E-state index in [2.05, 4.69) is 17.4 Å². The van der Waals surface area contributed by atoms with Crippen molar-refractivity contribution in [3.63, 3.8) is 0 Å². The van der Waals surface area contributed by atoms with E-state index < -0.39 is 4.92 Å². The second-order valence-corrected chi connectivity index (χ2v) is 5.36. The van der Waals surface area contributed by atoms with Crippen LogP contribution in [0.3, 0.4) is 0 Å². The number of hydrogen-bond donors (Lipinski definition) is 1. The van der Waals surface area contributed by atoms with Gasteiger partial charge in [-0.3, -0.25) is 10.1 Å². The van der Waals surface area contributed by atoms with Gasteiger partial charge in [-0.15, -0.1) is 0 Å². The van der Waals surface area contributed by atoms with Gasteiger partial charge in [-0.25, -0.2) is 0 Å². The first-order valence-corrected chi connectivity index (χ1v) is 6.78. The van der Waals surface area contributed by atoms with Crippen LogP contribution in [0.25, 0.3) is 0 Å². The summed E-state index contributed by atoms with van der Waals surface area (Å²) < 4.78 is 0. The lowest BCUT2D eigenvalue weighted by Crippen LogP contribution is -2.06. The van der Waals surface area contributed by atoms with E-state index in [4.69, 9.17) is 11.6 Å². The first kappa shape index (κ1) is 12.9. The third kappa shape index (κ3) is 2.60. The Balaban J connectivity index is 1.76. The van der Waals surface area contributed by atoms with Crippen LogP contribution in [0.1, 0.15) is 17.9 Å². The first-order chi connectivity index (χ1) is 9.65. The van der Waals surface area contributed by atoms with Crippen molar-refractivity contribution < 1.29 is 4.92 Å². The molecule has 0 saturated heterocycles. The molecule has 2 atom stereocenters. The predicted octanol–water partition coefficient (Wildman–Crippen LogP) is 4.22. The Kier molecular flexibility index (Phi) is 3.32. The minimum Gasteiger partial charge on any atom is -0.376 e. The summed E-state index contributed by atoms with van der Waals surface area (Å²) in [5.74, 6) is 0.423. The number of nitrogens with one attached hydrogen (secondary N) is 1. The molecule has 0 aliphatic heterocycles. The van der Waals surface area contributed by atoms with E-state index >= 15 is 0 Å². The number of nitro benzene ring substituents is 1. The van der Waals surface area contributed by atoms with Gasteiger partial charge in [-0.05, 0) is 24.1 Å². The molecular weight excluding hydrogens is 276 g/mol. The molecule has 1 N–H and O–H groups in total. The molecule has 5 heteroatoms. The maximum Gasteiger partial charge on any atom is 0.293 e. The van der Waals surface area contributed by atoms with E-state index in [1.165, 1.54) is 11.6 Å². The highest BCUT2D eigenvalue weighted by atomic mass is 35.5. The zero-order valence-electron chi connectivity index (χ0n) is 10.6. The second kappa shape index (κ2) is 5.13. The van der Waals surface area contributed by atoms with Crippen molar-refractivity contribution >= 4 is 23.0 Å². The average Bonchev–Trinajstić information content (AvgIpc) is 3.21. The fourth-order valence-electron chi connectivity index (χ4n) is 2.40. The Morgan fingerprint density at radius 3 is 2.65 bits per heavy atom. The minimum absolute atomic E-state index is 0.0243. The van der Waals surface area contributed by atoms with Crippen LogP contribution < -0.4 is 5.32 Å². The van der Waals surface area contributed by atoms with E-state index in [1.807, 2.05) is 18.2 Å². The summed E-state index contributed by atoms with van der Waals surface area (Å²) in [5.41, 5.74) is 1.82. The fourth-order valence-corrected chi connectivity index (χ4v) is 2.57. The van der Waals surface area contributed by atoms with Gasteiger partial charge in [-0.1, -0.05) is 41.9 Å². The van der Waals surface area contributed by atoms with Gasteiger partial charge in [0.2, 0.25) is 0 Å². The SMILES string of the molecule is O=[N+]([O-])c1cc(Cl)ccc1NC1CC1c1ccccc1. The van der Waals surface area contributed by atoms with Gasteiger partial charge in [-0.2, -0.15) is 0 Å². The van der Waals surface area contributed by atoms with Crippen LogP contribution in [0.4, 0.5) is 11.4 Å². The molecule has 20 heavy (non-hydrogen) atoms. The standard InChI is InChI=1S/C15H13ClN2O2/c16-11-6-7-13(15(8-11)18(19)20)17-14-9-12(14)10-4-2-1-3-5-10/h1-8,12,14,17H,9H2. The molecule has 0 amide bonds. The van der Waals surface area contributed by atoms with Crippen LogP contribution in [0.5, 0.6) is 0 Å². The molecule has 2 aromatic rings. The quantitative estimate of drug-likeness (QED) is 0.677. The van der Waals surface area contributed by atoms with Crippen molar-refractivity contribution in [3.05, 3.63) is 69.2 Å². The molecule has 2 aromatic carbocycles. The summed E-state index contributed by atoms with van der Waals surface area (Å²) >= 11 is 5.81. The lowest BCUT2D eigenvalue weighted by Gasteiger charge is -2.07. The average molecular weight is 289 g/mol. The molecule has 0 aromatic heterocycles. The summed E-state index contributed by atoms with van der Waals surface area (Å²) in [6.07, 6.45) is 0.990. The van der Waals surface area contributed by atoms with E-state index in [9.17, 15) is 10.1 Å². The van der Waals surface area contributed by atoms with Gasteiger partial charge in [0.15, 0.2) is 0 Å². The van der Waals surface area contributed by atoms with E-state index in [0.29, 0.717) is 16.6 Å². The normalized spacial score (nSPS) is 20.4. The van der Waals surface area contributed by atoms with Crippen LogP contribution in [-0.2, 0) is 0 Å². The monoisotopic (exact) mass is 288 g/mol. The molecule has 1 aliphatic carbocycles. The third-order valence-corrected chi connectivity index (χ3v) is 3.75. The predicted molar refractivity (Wildman–Crippen MR) is 79.3 cm³/mol. The van der Waals surface area contributed by atoms with Crippen molar-refractivity contribution in [2.75, 3.05) is 5.32 Å². The van der Waals surface area contributed by atoms with Crippen LogP contribution in [0, 0.1) is 10.1 Å². The largest absolute Gasteiger partial charge is 0.376 e. The molecule has 4 nitrogen and oxygen atoms in total. The van der Waals surface area contributed by atoms with Crippen molar-refractivity contribution in [1.29, 1.82) is 0 Å². The van der Waals surface area contributed by atoms with E-state index in [0.717, 1.165) is 6.42 Å². The Morgan fingerprint density at radius 1 is 1.20 bits per heavy atom. The zero-order chi connectivity index (χ0) is 14.1. The molecule has 1 aliphatic rings. The van der Waals surface area contributed by atoms with Gasteiger partial charge in [0.1, 0.15) is 5.69 Å². The van der Waals surface area contributed by atoms with Crippen molar-refractivity contribution in [1.82, 2.24) is 0 Å². The topological polar surface area (TPSA) is 55.2 Å². The van der Waals surface area contributed by atoms with Gasteiger partial charge in [0.25, 0.3) is 5.69 Å². The van der Waals surface area contributed by atoms with Crippen LogP contribution >= 0.6 is 11.6 Å². The molecule has 0 spiro atoms. The second-order valence-electron chi connectivity index (χ2n) is 4.92. The number of anilines is 1. The van der Waals surface area contributed by atoms with Crippen molar-refractivity contribution in [2.24, 2.45) is 0 Å². The maximum absolute atomic E-state index is 11.0. The van der Waals surface area contributed by atoms with Gasteiger partial charge < -0.3 is 5.32 Å². The van der Waals surface area contributed by atoms with Gasteiger partial charge in [0, 0.05) is 23.0 Å². The lowest BCUT2D eigenvalue weighted by atomic mass is 10.1. The van der Waals surface area contributed by atoms with Crippen LogP contribution in [0.15, 0.2) is 48.5 Å².